The van der Waals surface area contributed by atoms with Crippen molar-refractivity contribution in [1.82, 2.24) is 10.5 Å². The molecule has 0 aliphatic heterocycles. The van der Waals surface area contributed by atoms with Gasteiger partial charge in [0.1, 0.15) is 5.82 Å². The van der Waals surface area contributed by atoms with Crippen LogP contribution >= 0.6 is 0 Å². The highest BCUT2D eigenvalue weighted by atomic mass is 19.1. The molecule has 3 N–H and O–H groups in total. The van der Waals surface area contributed by atoms with Gasteiger partial charge in [-0.3, -0.25) is 10.0 Å². The number of fused-ring (bicyclic) bond motifs is 1. The number of amides is 1. The summed E-state index contributed by atoms with van der Waals surface area (Å²) < 4.78 is 13.4. The van der Waals surface area contributed by atoms with Crippen LogP contribution < -0.4 is 5.48 Å². The van der Waals surface area contributed by atoms with Crippen LogP contribution in [0.2, 0.25) is 0 Å². The highest BCUT2D eigenvalue weighted by Crippen LogP contribution is 2.21. The van der Waals surface area contributed by atoms with Crippen LogP contribution in [0, 0.1) is 5.82 Å². The lowest BCUT2D eigenvalue weighted by Crippen LogP contribution is -2.20. The Kier molecular flexibility index (Phi) is 4.66. The Balaban J connectivity index is 0.000000686. The summed E-state index contributed by atoms with van der Waals surface area (Å²) in [5.74, 6) is -0.950. The van der Waals surface area contributed by atoms with E-state index in [0.29, 0.717) is 16.5 Å². The summed E-state index contributed by atoms with van der Waals surface area (Å²) >= 11 is 0. The molecule has 4 nitrogen and oxygen atoms in total. The van der Waals surface area contributed by atoms with E-state index in [0.717, 1.165) is 0 Å². The van der Waals surface area contributed by atoms with Crippen molar-refractivity contribution >= 4 is 16.8 Å². The van der Waals surface area contributed by atoms with Crippen LogP contribution in [-0.4, -0.2) is 16.1 Å². The van der Waals surface area contributed by atoms with Gasteiger partial charge < -0.3 is 4.98 Å². The number of rotatable bonds is 2. The summed E-state index contributed by atoms with van der Waals surface area (Å²) in [5, 5.41) is 8.76. The van der Waals surface area contributed by atoms with Crippen molar-refractivity contribution in [2.24, 2.45) is 0 Å². The predicted molar refractivity (Wildman–Crippen MR) is 63.2 cm³/mol. The second kappa shape index (κ2) is 6.00. The smallest absolute Gasteiger partial charge is 0.247 e. The van der Waals surface area contributed by atoms with E-state index in [-0.39, 0.29) is 12.2 Å². The lowest BCUT2D eigenvalue weighted by atomic mass is 10.1. The number of benzene rings is 1. The van der Waals surface area contributed by atoms with Gasteiger partial charge in [0.25, 0.3) is 0 Å². The predicted octanol–water partition coefficient (Wildman–Crippen LogP) is 2.38. The van der Waals surface area contributed by atoms with Gasteiger partial charge in [-0.25, -0.2) is 9.87 Å². The van der Waals surface area contributed by atoms with Gasteiger partial charge in [-0.1, -0.05) is 19.9 Å². The number of hydroxylamine groups is 1. The number of nitrogens with one attached hydrogen (secondary N) is 2. The standard InChI is InChI=1S/C10H9FN2O2.C2H6/c11-7-2-1-3-8-10(7)6(5-12-8)4-9(14)13-15;1-2/h1-3,5,12,15H,4H2,(H,13,14);1-2H3. The first kappa shape index (κ1) is 13.2. The molecule has 0 spiro atoms. The topological polar surface area (TPSA) is 65.1 Å². The van der Waals surface area contributed by atoms with E-state index in [1.807, 2.05) is 13.8 Å². The summed E-state index contributed by atoms with van der Waals surface area (Å²) in [6.07, 6.45) is 1.50. The van der Waals surface area contributed by atoms with E-state index < -0.39 is 5.91 Å². The molecule has 2 aromatic rings. The third-order valence-electron chi connectivity index (χ3n) is 2.21. The van der Waals surface area contributed by atoms with Crippen LogP contribution in [0.4, 0.5) is 4.39 Å². The van der Waals surface area contributed by atoms with Gasteiger partial charge in [0.15, 0.2) is 0 Å². The molecule has 92 valence electrons. The zero-order valence-electron chi connectivity index (χ0n) is 9.75. The minimum Gasteiger partial charge on any atom is -0.361 e. The first-order chi connectivity index (χ1) is 8.22. The second-order valence-electron chi connectivity index (χ2n) is 3.19. The van der Waals surface area contributed by atoms with Crippen LogP contribution in [0.15, 0.2) is 24.4 Å². The molecule has 0 atom stereocenters. The first-order valence-corrected chi connectivity index (χ1v) is 5.40. The maximum Gasteiger partial charge on any atom is 0.247 e. The fraction of sp³-hybridized carbons (Fsp3) is 0.250. The second-order valence-corrected chi connectivity index (χ2v) is 3.19. The highest BCUT2D eigenvalue weighted by molar-refractivity contribution is 5.88. The molecule has 1 amide bonds. The molecule has 5 heteroatoms. The summed E-state index contributed by atoms with van der Waals surface area (Å²) in [5.41, 5.74) is 2.67. The monoisotopic (exact) mass is 238 g/mol. The third-order valence-corrected chi connectivity index (χ3v) is 2.21. The Morgan fingerprint density at radius 1 is 1.47 bits per heavy atom. The maximum absolute atomic E-state index is 13.4. The number of halogens is 1. The molecule has 0 aliphatic rings. The van der Waals surface area contributed by atoms with Crippen molar-refractivity contribution in [3.05, 3.63) is 35.8 Å². The van der Waals surface area contributed by atoms with Crippen molar-refractivity contribution in [2.45, 2.75) is 20.3 Å². The van der Waals surface area contributed by atoms with Crippen LogP contribution in [0.5, 0.6) is 0 Å². The number of aromatic nitrogens is 1. The zero-order chi connectivity index (χ0) is 12.8. The molecule has 1 aromatic carbocycles. The van der Waals surface area contributed by atoms with E-state index >= 15 is 0 Å². The van der Waals surface area contributed by atoms with Crippen LogP contribution in [0.25, 0.3) is 10.9 Å². The molecule has 0 saturated heterocycles. The molecule has 0 bridgehead atoms. The van der Waals surface area contributed by atoms with E-state index in [4.69, 9.17) is 5.21 Å². The average molecular weight is 238 g/mol. The summed E-state index contributed by atoms with van der Waals surface area (Å²) in [4.78, 5) is 13.8. The lowest BCUT2D eigenvalue weighted by molar-refractivity contribution is -0.128. The minimum atomic E-state index is -0.570. The number of hydrogen-bond acceptors (Lipinski definition) is 2. The molecule has 0 saturated carbocycles. The van der Waals surface area contributed by atoms with Crippen LogP contribution in [0.1, 0.15) is 19.4 Å². The third kappa shape index (κ3) is 2.82. The van der Waals surface area contributed by atoms with Crippen molar-refractivity contribution < 1.29 is 14.4 Å². The van der Waals surface area contributed by atoms with E-state index in [1.165, 1.54) is 11.5 Å². The molecular formula is C12H15FN2O2. The average Bonchev–Trinajstić information content (AvgIpc) is 2.76. The minimum absolute atomic E-state index is 0.0581. The van der Waals surface area contributed by atoms with Gasteiger partial charge in [-0.2, -0.15) is 0 Å². The Bertz CT molecular complexity index is 508. The lowest BCUT2D eigenvalue weighted by Gasteiger charge is -1.98. The highest BCUT2D eigenvalue weighted by Gasteiger charge is 2.11. The normalized spacial score (nSPS) is 9.65. The number of carbonyl (C=O) groups excluding carboxylic acids is 1. The van der Waals surface area contributed by atoms with E-state index in [1.54, 1.807) is 18.3 Å². The summed E-state index contributed by atoms with van der Waals surface area (Å²) in [6, 6.07) is 4.64. The summed E-state index contributed by atoms with van der Waals surface area (Å²) in [6.45, 7) is 4.00. The van der Waals surface area contributed by atoms with Gasteiger partial charge in [-0.15, -0.1) is 0 Å². The maximum atomic E-state index is 13.4. The van der Waals surface area contributed by atoms with E-state index in [2.05, 4.69) is 4.98 Å². The van der Waals surface area contributed by atoms with Crippen molar-refractivity contribution in [3.63, 3.8) is 0 Å². The molecule has 0 fully saturated rings. The Hall–Kier alpha value is -1.88. The Morgan fingerprint density at radius 3 is 2.82 bits per heavy atom. The molecule has 1 heterocycles. The van der Waals surface area contributed by atoms with Crippen molar-refractivity contribution in [1.29, 1.82) is 0 Å². The Morgan fingerprint density at radius 2 is 2.18 bits per heavy atom. The molecule has 0 aliphatic carbocycles. The van der Waals surface area contributed by atoms with Gasteiger partial charge >= 0.3 is 0 Å². The van der Waals surface area contributed by atoms with Crippen molar-refractivity contribution in [2.75, 3.05) is 0 Å². The molecule has 1 aromatic heterocycles. The molecule has 0 unspecified atom stereocenters. The summed E-state index contributed by atoms with van der Waals surface area (Å²) in [7, 11) is 0. The number of hydrogen-bond donors (Lipinski definition) is 3. The van der Waals surface area contributed by atoms with Crippen LogP contribution in [-0.2, 0) is 11.2 Å². The van der Waals surface area contributed by atoms with Gasteiger partial charge in [0.2, 0.25) is 5.91 Å². The fourth-order valence-corrected chi connectivity index (χ4v) is 1.56. The zero-order valence-corrected chi connectivity index (χ0v) is 9.75. The quantitative estimate of drug-likeness (QED) is 0.555. The first-order valence-electron chi connectivity index (χ1n) is 5.40. The van der Waals surface area contributed by atoms with Crippen molar-refractivity contribution in [3.8, 4) is 0 Å². The van der Waals surface area contributed by atoms with Gasteiger partial charge in [-0.05, 0) is 17.7 Å². The molecular weight excluding hydrogens is 223 g/mol. The van der Waals surface area contributed by atoms with Crippen LogP contribution in [0.3, 0.4) is 0 Å². The Labute approximate surface area is 98.4 Å². The number of H-pyrrole nitrogens is 1. The van der Waals surface area contributed by atoms with E-state index in [9.17, 15) is 9.18 Å². The fourth-order valence-electron chi connectivity index (χ4n) is 1.56. The molecule has 0 radical (unpaired) electrons. The molecule has 2 rings (SSSR count). The van der Waals surface area contributed by atoms with Gasteiger partial charge in [0.05, 0.1) is 6.42 Å². The largest absolute Gasteiger partial charge is 0.361 e. The number of aromatic amines is 1. The number of carbonyl (C=O) groups is 1. The SMILES string of the molecule is CC.O=C(Cc1c[nH]c2cccc(F)c12)NO. The molecule has 17 heavy (non-hydrogen) atoms. The van der Waals surface area contributed by atoms with Gasteiger partial charge in [0, 0.05) is 17.1 Å².